The van der Waals surface area contributed by atoms with Crippen LogP contribution in [0.2, 0.25) is 0 Å². The molecule has 118 valence electrons. The van der Waals surface area contributed by atoms with Crippen molar-refractivity contribution < 1.29 is 19.4 Å². The molecule has 0 aliphatic carbocycles. The Hall–Kier alpha value is -1.59. The number of aliphatic hydroxyl groups is 1. The van der Waals surface area contributed by atoms with Crippen LogP contribution < -0.4 is 10.5 Å². The summed E-state index contributed by atoms with van der Waals surface area (Å²) in [5, 5.41) is 9.88. The second kappa shape index (κ2) is 8.64. The number of carbonyl (C=O) groups excluding carboxylic acids is 1. The zero-order valence-corrected chi connectivity index (χ0v) is 12.9. The topological polar surface area (TPSA) is 81.8 Å². The van der Waals surface area contributed by atoms with Crippen molar-refractivity contribution in [1.29, 1.82) is 0 Å². The Morgan fingerprint density at radius 3 is 2.43 bits per heavy atom. The van der Waals surface area contributed by atoms with E-state index in [0.717, 1.165) is 5.56 Å². The Balaban J connectivity index is 2.42. The van der Waals surface area contributed by atoms with Gasteiger partial charge in [0.05, 0.1) is 7.11 Å². The molecule has 0 saturated heterocycles. The molecule has 2 unspecified atom stereocenters. The van der Waals surface area contributed by atoms with Crippen LogP contribution in [0.15, 0.2) is 24.3 Å². The van der Waals surface area contributed by atoms with Crippen LogP contribution in [0.25, 0.3) is 0 Å². The largest absolute Gasteiger partial charge is 0.491 e. The van der Waals surface area contributed by atoms with E-state index in [1.54, 1.807) is 0 Å². The van der Waals surface area contributed by atoms with Gasteiger partial charge in [0, 0.05) is 12.5 Å². The predicted octanol–water partition coefficient (Wildman–Crippen LogP) is 1.52. The van der Waals surface area contributed by atoms with Crippen molar-refractivity contribution in [3.63, 3.8) is 0 Å². The first-order valence-corrected chi connectivity index (χ1v) is 7.16. The first kappa shape index (κ1) is 17.5. The molecule has 3 N–H and O–H groups in total. The lowest BCUT2D eigenvalue weighted by molar-refractivity contribution is -0.140. The third-order valence-electron chi connectivity index (χ3n) is 3.40. The zero-order chi connectivity index (χ0) is 15.8. The molecule has 0 spiro atoms. The molecule has 2 atom stereocenters. The molecule has 0 bridgehead atoms. The van der Waals surface area contributed by atoms with Crippen LogP contribution in [0.1, 0.15) is 25.8 Å². The lowest BCUT2D eigenvalue weighted by Gasteiger charge is -2.22. The van der Waals surface area contributed by atoms with E-state index in [9.17, 15) is 9.90 Å². The van der Waals surface area contributed by atoms with E-state index in [0.29, 0.717) is 18.6 Å². The third kappa shape index (κ3) is 6.14. The smallest absolute Gasteiger partial charge is 0.305 e. The molecule has 0 aromatic heterocycles. The van der Waals surface area contributed by atoms with Crippen molar-refractivity contribution in [1.82, 2.24) is 0 Å². The molecule has 1 aromatic carbocycles. The highest BCUT2D eigenvalue weighted by Crippen LogP contribution is 2.14. The maximum atomic E-state index is 11.1. The normalized spacial score (nSPS) is 13.8. The highest BCUT2D eigenvalue weighted by molar-refractivity contribution is 5.69. The van der Waals surface area contributed by atoms with Crippen molar-refractivity contribution >= 4 is 5.97 Å². The summed E-state index contributed by atoms with van der Waals surface area (Å²) in [7, 11) is 1.38. The van der Waals surface area contributed by atoms with Crippen LogP contribution in [0.4, 0.5) is 0 Å². The summed E-state index contributed by atoms with van der Waals surface area (Å²) in [5.41, 5.74) is 6.89. The van der Waals surface area contributed by atoms with Gasteiger partial charge in [0.15, 0.2) is 0 Å². The Kier molecular flexibility index (Phi) is 7.19. The molecule has 5 nitrogen and oxygen atoms in total. The molecule has 0 aliphatic heterocycles. The van der Waals surface area contributed by atoms with Gasteiger partial charge in [-0.15, -0.1) is 0 Å². The number of aliphatic hydroxyl groups excluding tert-OH is 1. The molecular weight excluding hydrogens is 270 g/mol. The number of esters is 1. The Morgan fingerprint density at radius 1 is 1.29 bits per heavy atom. The first-order chi connectivity index (χ1) is 9.93. The number of ether oxygens (including phenoxy) is 2. The molecule has 1 rings (SSSR count). The molecule has 0 amide bonds. The van der Waals surface area contributed by atoms with Gasteiger partial charge in [0.2, 0.25) is 0 Å². The van der Waals surface area contributed by atoms with E-state index >= 15 is 0 Å². The van der Waals surface area contributed by atoms with Gasteiger partial charge >= 0.3 is 5.97 Å². The molecule has 0 fully saturated rings. The van der Waals surface area contributed by atoms with Gasteiger partial charge in [-0.05, 0) is 30.0 Å². The standard InChI is InChI=1S/C16H25NO4/c1-11(2)16(17)14(18)10-21-13-7-4-12(5-8-13)6-9-15(19)20-3/h4-5,7-8,11,14,16,18H,6,9-10,17H2,1-3H3. The predicted molar refractivity (Wildman–Crippen MR) is 81.1 cm³/mol. The first-order valence-electron chi connectivity index (χ1n) is 7.16. The average molecular weight is 295 g/mol. The van der Waals surface area contributed by atoms with Crippen molar-refractivity contribution in [2.45, 2.75) is 38.8 Å². The van der Waals surface area contributed by atoms with Gasteiger partial charge in [0.25, 0.3) is 0 Å². The van der Waals surface area contributed by atoms with Gasteiger partial charge < -0.3 is 20.3 Å². The molecule has 0 aliphatic rings. The SMILES string of the molecule is COC(=O)CCc1ccc(OCC(O)C(N)C(C)C)cc1. The van der Waals surface area contributed by atoms with Crippen LogP contribution in [0.3, 0.4) is 0 Å². The minimum atomic E-state index is -0.691. The minimum absolute atomic E-state index is 0.168. The molecule has 0 radical (unpaired) electrons. The second-order valence-electron chi connectivity index (χ2n) is 5.42. The number of nitrogens with two attached hydrogens (primary N) is 1. The van der Waals surface area contributed by atoms with Crippen LogP contribution in [-0.4, -0.2) is 36.9 Å². The number of aryl methyl sites for hydroxylation is 1. The number of carbonyl (C=O) groups is 1. The van der Waals surface area contributed by atoms with Crippen molar-refractivity contribution in [2.75, 3.05) is 13.7 Å². The summed E-state index contributed by atoms with van der Waals surface area (Å²) in [5.74, 6) is 0.650. The van der Waals surface area contributed by atoms with Crippen LogP contribution in [0.5, 0.6) is 5.75 Å². The molecule has 0 saturated carbocycles. The summed E-state index contributed by atoms with van der Waals surface area (Å²) in [6.45, 7) is 4.09. The van der Waals surface area contributed by atoms with E-state index < -0.39 is 6.10 Å². The van der Waals surface area contributed by atoms with Crippen LogP contribution in [-0.2, 0) is 16.0 Å². The quantitative estimate of drug-likeness (QED) is 0.711. The van der Waals surface area contributed by atoms with Gasteiger partial charge in [-0.25, -0.2) is 0 Å². The van der Waals surface area contributed by atoms with E-state index in [2.05, 4.69) is 4.74 Å². The van der Waals surface area contributed by atoms with Crippen LogP contribution in [0, 0.1) is 5.92 Å². The zero-order valence-electron chi connectivity index (χ0n) is 12.9. The van der Waals surface area contributed by atoms with Gasteiger partial charge in [-0.1, -0.05) is 26.0 Å². The van der Waals surface area contributed by atoms with E-state index in [1.807, 2.05) is 38.1 Å². The van der Waals surface area contributed by atoms with E-state index in [-0.39, 0.29) is 24.5 Å². The molecule has 0 heterocycles. The fraction of sp³-hybridized carbons (Fsp3) is 0.562. The Labute approximate surface area is 126 Å². The van der Waals surface area contributed by atoms with Gasteiger partial charge in [-0.3, -0.25) is 4.79 Å². The number of benzene rings is 1. The fourth-order valence-corrected chi connectivity index (χ4v) is 1.84. The fourth-order valence-electron chi connectivity index (χ4n) is 1.84. The van der Waals surface area contributed by atoms with Gasteiger partial charge in [0.1, 0.15) is 18.5 Å². The van der Waals surface area contributed by atoms with Gasteiger partial charge in [-0.2, -0.15) is 0 Å². The summed E-state index contributed by atoms with van der Waals surface area (Å²) >= 11 is 0. The van der Waals surface area contributed by atoms with Crippen molar-refractivity contribution in [2.24, 2.45) is 11.7 Å². The molecule has 1 aromatic rings. The lowest BCUT2D eigenvalue weighted by Crippen LogP contribution is -2.42. The summed E-state index contributed by atoms with van der Waals surface area (Å²) in [6, 6.07) is 7.13. The molecule has 5 heteroatoms. The Bertz CT molecular complexity index is 430. The number of methoxy groups -OCH3 is 1. The number of rotatable bonds is 8. The van der Waals surface area contributed by atoms with Crippen LogP contribution >= 0.6 is 0 Å². The summed E-state index contributed by atoms with van der Waals surface area (Å²) in [4.78, 5) is 11.1. The highest BCUT2D eigenvalue weighted by atomic mass is 16.5. The monoisotopic (exact) mass is 295 g/mol. The van der Waals surface area contributed by atoms with Crippen molar-refractivity contribution in [3.05, 3.63) is 29.8 Å². The summed E-state index contributed by atoms with van der Waals surface area (Å²) < 4.78 is 10.1. The Morgan fingerprint density at radius 2 is 1.90 bits per heavy atom. The molecule has 21 heavy (non-hydrogen) atoms. The van der Waals surface area contributed by atoms with E-state index in [1.165, 1.54) is 7.11 Å². The highest BCUT2D eigenvalue weighted by Gasteiger charge is 2.18. The molecular formula is C16H25NO4. The third-order valence-corrected chi connectivity index (χ3v) is 3.40. The van der Waals surface area contributed by atoms with E-state index in [4.69, 9.17) is 10.5 Å². The minimum Gasteiger partial charge on any atom is -0.491 e. The average Bonchev–Trinajstić information content (AvgIpc) is 2.50. The lowest BCUT2D eigenvalue weighted by atomic mass is 10.0. The number of hydrogen-bond donors (Lipinski definition) is 2. The van der Waals surface area contributed by atoms with Crippen molar-refractivity contribution in [3.8, 4) is 5.75 Å². The maximum absolute atomic E-state index is 11.1. The second-order valence-corrected chi connectivity index (χ2v) is 5.42. The number of hydrogen-bond acceptors (Lipinski definition) is 5. The summed E-state index contributed by atoms with van der Waals surface area (Å²) in [6.07, 6.45) is 0.302. The maximum Gasteiger partial charge on any atom is 0.305 e.